The summed E-state index contributed by atoms with van der Waals surface area (Å²) in [6.07, 6.45) is 8.77. The molecule has 1 aromatic carbocycles. The van der Waals surface area contributed by atoms with Crippen LogP contribution in [0.15, 0.2) is 54.9 Å². The third-order valence-corrected chi connectivity index (χ3v) is 4.96. The van der Waals surface area contributed by atoms with Gasteiger partial charge in [0, 0.05) is 26.0 Å². The Hall–Kier alpha value is -2.36. The normalized spacial score (nSPS) is 15.9. The largest absolute Gasteiger partial charge is 0.328 e. The van der Waals surface area contributed by atoms with Crippen molar-refractivity contribution in [2.24, 2.45) is 0 Å². The average molecular weight is 323 g/mol. The third kappa shape index (κ3) is 3.75. The van der Waals surface area contributed by atoms with Gasteiger partial charge in [0.15, 0.2) is 0 Å². The average Bonchev–Trinajstić information content (AvgIpc) is 3.11. The predicted molar refractivity (Wildman–Crippen MR) is 95.7 cm³/mol. The van der Waals surface area contributed by atoms with Gasteiger partial charge in [-0.3, -0.25) is 4.98 Å². The maximum absolute atomic E-state index is 12.7. The van der Waals surface area contributed by atoms with Gasteiger partial charge in [-0.25, -0.2) is 4.79 Å². The second-order valence-electron chi connectivity index (χ2n) is 6.61. The first kappa shape index (κ1) is 16.5. The molecule has 1 N–H and O–H groups in total. The van der Waals surface area contributed by atoms with Gasteiger partial charge in [0.05, 0.1) is 5.54 Å². The fraction of sp³-hybridized carbons (Fsp3) is 0.400. The highest BCUT2D eigenvalue weighted by atomic mass is 16.2. The van der Waals surface area contributed by atoms with E-state index in [1.807, 2.05) is 25.2 Å². The van der Waals surface area contributed by atoms with Crippen molar-refractivity contribution in [3.05, 3.63) is 66.0 Å². The summed E-state index contributed by atoms with van der Waals surface area (Å²) in [5.74, 6) is 0. The first-order valence-electron chi connectivity index (χ1n) is 8.67. The minimum Gasteiger partial charge on any atom is -0.328 e. The van der Waals surface area contributed by atoms with Crippen molar-refractivity contribution >= 4 is 6.03 Å². The van der Waals surface area contributed by atoms with Crippen LogP contribution in [0.3, 0.4) is 0 Å². The molecule has 0 aliphatic heterocycles. The Balaban J connectivity index is 1.63. The number of rotatable bonds is 5. The Morgan fingerprint density at radius 3 is 2.46 bits per heavy atom. The number of carbonyl (C=O) groups excluding carboxylic acids is 1. The van der Waals surface area contributed by atoms with Crippen LogP contribution >= 0.6 is 0 Å². The molecule has 2 amide bonds. The summed E-state index contributed by atoms with van der Waals surface area (Å²) in [5.41, 5.74) is 2.21. The number of hydrogen-bond donors (Lipinski definition) is 1. The number of amides is 2. The van der Waals surface area contributed by atoms with E-state index in [4.69, 9.17) is 0 Å². The van der Waals surface area contributed by atoms with Crippen molar-refractivity contribution < 1.29 is 4.79 Å². The molecule has 0 unspecified atom stereocenters. The van der Waals surface area contributed by atoms with Crippen molar-refractivity contribution in [3.8, 4) is 0 Å². The molecule has 0 saturated heterocycles. The monoisotopic (exact) mass is 323 g/mol. The van der Waals surface area contributed by atoms with Crippen LogP contribution in [0.2, 0.25) is 0 Å². The van der Waals surface area contributed by atoms with Gasteiger partial charge in [-0.2, -0.15) is 0 Å². The maximum Gasteiger partial charge on any atom is 0.317 e. The zero-order valence-corrected chi connectivity index (χ0v) is 14.2. The van der Waals surface area contributed by atoms with Gasteiger partial charge in [0.1, 0.15) is 0 Å². The number of nitrogens with zero attached hydrogens (tertiary/aromatic N) is 2. The number of benzene rings is 1. The lowest BCUT2D eigenvalue weighted by molar-refractivity contribution is 0.192. The van der Waals surface area contributed by atoms with Crippen LogP contribution in [0.25, 0.3) is 0 Å². The van der Waals surface area contributed by atoms with Crippen molar-refractivity contribution in [2.45, 2.75) is 37.6 Å². The standard InChI is InChI=1S/C20H25N3O/c1-23(16-11-17-9-14-21-15-10-17)19(24)22-20(12-5-6-13-20)18-7-3-2-4-8-18/h2-4,7-10,14-15H,5-6,11-13,16H2,1H3,(H,22,24). The first-order chi connectivity index (χ1) is 11.7. The molecule has 24 heavy (non-hydrogen) atoms. The van der Waals surface area contributed by atoms with E-state index in [2.05, 4.69) is 34.6 Å². The Morgan fingerprint density at radius 1 is 1.12 bits per heavy atom. The Kier molecular flexibility index (Phi) is 5.14. The fourth-order valence-corrected chi connectivity index (χ4v) is 3.47. The molecule has 0 radical (unpaired) electrons. The lowest BCUT2D eigenvalue weighted by atomic mass is 9.88. The number of aromatic nitrogens is 1. The number of urea groups is 1. The van der Waals surface area contributed by atoms with Gasteiger partial charge in [-0.1, -0.05) is 43.2 Å². The van der Waals surface area contributed by atoms with E-state index >= 15 is 0 Å². The molecule has 4 heteroatoms. The van der Waals surface area contributed by atoms with Crippen LogP contribution < -0.4 is 5.32 Å². The molecule has 1 aliphatic rings. The molecule has 0 atom stereocenters. The summed E-state index contributed by atoms with van der Waals surface area (Å²) >= 11 is 0. The minimum atomic E-state index is -0.205. The third-order valence-electron chi connectivity index (χ3n) is 4.96. The molecule has 2 aromatic rings. The van der Waals surface area contributed by atoms with Crippen LogP contribution in [0, 0.1) is 0 Å². The summed E-state index contributed by atoms with van der Waals surface area (Å²) in [7, 11) is 1.87. The molecule has 3 rings (SSSR count). The Morgan fingerprint density at radius 2 is 1.79 bits per heavy atom. The van der Waals surface area contributed by atoms with Gasteiger partial charge in [-0.05, 0) is 42.5 Å². The molecule has 1 aliphatic carbocycles. The number of carbonyl (C=O) groups is 1. The summed E-state index contributed by atoms with van der Waals surface area (Å²) in [4.78, 5) is 18.5. The van der Waals surface area contributed by atoms with E-state index in [-0.39, 0.29) is 11.6 Å². The lowest BCUT2D eigenvalue weighted by Crippen LogP contribution is -2.49. The Bertz CT molecular complexity index is 651. The van der Waals surface area contributed by atoms with Gasteiger partial charge in [0.2, 0.25) is 0 Å². The summed E-state index contributed by atoms with van der Waals surface area (Å²) in [6, 6.07) is 14.4. The van der Waals surface area contributed by atoms with Gasteiger partial charge >= 0.3 is 6.03 Å². The molecule has 4 nitrogen and oxygen atoms in total. The quantitative estimate of drug-likeness (QED) is 0.911. The zero-order valence-electron chi connectivity index (χ0n) is 14.2. The molecular weight excluding hydrogens is 298 g/mol. The number of hydrogen-bond acceptors (Lipinski definition) is 2. The topological polar surface area (TPSA) is 45.2 Å². The van der Waals surface area contributed by atoms with Gasteiger partial charge in [-0.15, -0.1) is 0 Å². The summed E-state index contributed by atoms with van der Waals surface area (Å²) in [6.45, 7) is 0.695. The van der Waals surface area contributed by atoms with Crippen LogP contribution in [0.1, 0.15) is 36.8 Å². The highest BCUT2D eigenvalue weighted by molar-refractivity contribution is 5.75. The van der Waals surface area contributed by atoms with Gasteiger partial charge < -0.3 is 10.2 Å². The van der Waals surface area contributed by atoms with Crippen molar-refractivity contribution in [3.63, 3.8) is 0 Å². The number of nitrogens with one attached hydrogen (secondary N) is 1. The number of pyridine rings is 1. The van der Waals surface area contributed by atoms with Crippen LogP contribution in [-0.4, -0.2) is 29.5 Å². The van der Waals surface area contributed by atoms with Crippen molar-refractivity contribution in [1.82, 2.24) is 15.2 Å². The zero-order chi connectivity index (χ0) is 16.8. The highest BCUT2D eigenvalue weighted by Gasteiger charge is 2.37. The second-order valence-corrected chi connectivity index (χ2v) is 6.61. The van der Waals surface area contributed by atoms with Gasteiger partial charge in [0.25, 0.3) is 0 Å². The molecule has 1 saturated carbocycles. The van der Waals surface area contributed by atoms with Crippen molar-refractivity contribution in [1.29, 1.82) is 0 Å². The predicted octanol–water partition coefficient (Wildman–Crippen LogP) is 3.74. The maximum atomic E-state index is 12.7. The molecule has 1 heterocycles. The van der Waals surface area contributed by atoms with E-state index in [9.17, 15) is 4.79 Å². The van der Waals surface area contributed by atoms with Crippen LogP contribution in [0.5, 0.6) is 0 Å². The molecular formula is C20H25N3O. The lowest BCUT2D eigenvalue weighted by Gasteiger charge is -2.33. The SMILES string of the molecule is CN(CCc1ccncc1)C(=O)NC1(c2ccccc2)CCCC1. The molecule has 0 spiro atoms. The minimum absolute atomic E-state index is 0.00908. The van der Waals surface area contributed by atoms with E-state index in [1.54, 1.807) is 17.3 Å². The first-order valence-corrected chi connectivity index (χ1v) is 8.67. The number of likely N-dealkylation sites (N-methyl/N-ethyl adjacent to an activating group) is 1. The second kappa shape index (κ2) is 7.47. The van der Waals surface area contributed by atoms with E-state index in [0.29, 0.717) is 6.54 Å². The molecule has 126 valence electrons. The van der Waals surface area contributed by atoms with E-state index in [0.717, 1.165) is 32.1 Å². The van der Waals surface area contributed by atoms with Crippen LogP contribution in [-0.2, 0) is 12.0 Å². The molecule has 1 aromatic heterocycles. The highest BCUT2D eigenvalue weighted by Crippen LogP contribution is 2.38. The summed E-state index contributed by atoms with van der Waals surface area (Å²) < 4.78 is 0. The van der Waals surface area contributed by atoms with E-state index < -0.39 is 0 Å². The fourth-order valence-electron chi connectivity index (χ4n) is 3.47. The smallest absolute Gasteiger partial charge is 0.317 e. The summed E-state index contributed by atoms with van der Waals surface area (Å²) in [5, 5.41) is 3.32. The Labute approximate surface area is 143 Å². The molecule has 1 fully saturated rings. The van der Waals surface area contributed by atoms with Crippen LogP contribution in [0.4, 0.5) is 4.79 Å². The van der Waals surface area contributed by atoms with Crippen molar-refractivity contribution in [2.75, 3.05) is 13.6 Å². The van der Waals surface area contributed by atoms with E-state index in [1.165, 1.54) is 11.1 Å². The molecule has 0 bridgehead atoms.